The topological polar surface area (TPSA) is 69.7 Å². The van der Waals surface area contributed by atoms with Crippen LogP contribution in [-0.4, -0.2) is 56.8 Å². The Kier molecular flexibility index (Phi) is 5.95. The molecule has 6 nitrogen and oxygen atoms in total. The SMILES string of the molecule is CCN1CCN(C(=O)c2ccc(NS(=O)(=O)c3ccc(F)c(F)c3)cc2)CC1. The van der Waals surface area contributed by atoms with E-state index in [4.69, 9.17) is 0 Å². The summed E-state index contributed by atoms with van der Waals surface area (Å²) in [4.78, 5) is 16.2. The van der Waals surface area contributed by atoms with E-state index >= 15 is 0 Å². The minimum atomic E-state index is -4.07. The first-order chi connectivity index (χ1) is 13.3. The number of rotatable bonds is 5. The van der Waals surface area contributed by atoms with Crippen LogP contribution in [0.5, 0.6) is 0 Å². The van der Waals surface area contributed by atoms with Gasteiger partial charge in [-0.15, -0.1) is 0 Å². The predicted molar refractivity (Wildman–Crippen MR) is 102 cm³/mol. The molecule has 28 heavy (non-hydrogen) atoms. The van der Waals surface area contributed by atoms with E-state index in [0.717, 1.165) is 31.8 Å². The van der Waals surface area contributed by atoms with Crippen molar-refractivity contribution in [3.63, 3.8) is 0 Å². The van der Waals surface area contributed by atoms with Crippen LogP contribution in [0.1, 0.15) is 17.3 Å². The summed E-state index contributed by atoms with van der Waals surface area (Å²) in [6, 6.07) is 8.36. The number of likely N-dealkylation sites (N-methyl/N-ethyl adjacent to an activating group) is 1. The molecule has 1 aliphatic heterocycles. The first-order valence-electron chi connectivity index (χ1n) is 8.89. The molecule has 1 amide bonds. The summed E-state index contributed by atoms with van der Waals surface area (Å²) in [7, 11) is -4.07. The normalized spacial score (nSPS) is 15.5. The van der Waals surface area contributed by atoms with Crippen LogP contribution in [0.4, 0.5) is 14.5 Å². The van der Waals surface area contributed by atoms with Crippen LogP contribution in [0.2, 0.25) is 0 Å². The van der Waals surface area contributed by atoms with E-state index < -0.39 is 21.7 Å². The summed E-state index contributed by atoms with van der Waals surface area (Å²) in [5, 5.41) is 0. The number of carbonyl (C=O) groups is 1. The summed E-state index contributed by atoms with van der Waals surface area (Å²) in [5.74, 6) is -2.47. The highest BCUT2D eigenvalue weighted by atomic mass is 32.2. The van der Waals surface area contributed by atoms with Crippen molar-refractivity contribution in [1.29, 1.82) is 0 Å². The van der Waals surface area contributed by atoms with Gasteiger partial charge in [-0.05, 0) is 49.0 Å². The molecule has 1 fully saturated rings. The number of hydrogen-bond acceptors (Lipinski definition) is 4. The van der Waals surface area contributed by atoms with Gasteiger partial charge in [-0.3, -0.25) is 9.52 Å². The van der Waals surface area contributed by atoms with E-state index in [2.05, 4.69) is 16.5 Å². The van der Waals surface area contributed by atoms with Crippen LogP contribution in [0, 0.1) is 11.6 Å². The van der Waals surface area contributed by atoms with Gasteiger partial charge in [0.2, 0.25) is 0 Å². The number of nitrogens with zero attached hydrogens (tertiary/aromatic N) is 2. The van der Waals surface area contributed by atoms with Crippen molar-refractivity contribution >= 4 is 21.6 Å². The van der Waals surface area contributed by atoms with Gasteiger partial charge in [-0.2, -0.15) is 0 Å². The minimum absolute atomic E-state index is 0.106. The van der Waals surface area contributed by atoms with Crippen LogP contribution >= 0.6 is 0 Å². The molecule has 0 unspecified atom stereocenters. The quantitative estimate of drug-likeness (QED) is 0.824. The van der Waals surface area contributed by atoms with Crippen LogP contribution in [0.15, 0.2) is 47.4 Å². The van der Waals surface area contributed by atoms with Gasteiger partial charge in [0.25, 0.3) is 15.9 Å². The zero-order valence-electron chi connectivity index (χ0n) is 15.4. The Bertz CT molecular complexity index is 957. The molecular formula is C19H21F2N3O3S. The molecule has 0 spiro atoms. The first-order valence-corrected chi connectivity index (χ1v) is 10.4. The Morgan fingerprint density at radius 1 is 1.00 bits per heavy atom. The first kappa shape index (κ1) is 20.2. The van der Waals surface area contributed by atoms with Crippen LogP contribution < -0.4 is 4.72 Å². The number of carbonyl (C=O) groups excluding carboxylic acids is 1. The number of hydrogen-bond donors (Lipinski definition) is 1. The van der Waals surface area contributed by atoms with E-state index in [1.165, 1.54) is 24.3 Å². The molecule has 1 N–H and O–H groups in total. The fourth-order valence-corrected chi connectivity index (χ4v) is 4.06. The zero-order valence-corrected chi connectivity index (χ0v) is 16.2. The maximum absolute atomic E-state index is 13.3. The summed E-state index contributed by atoms with van der Waals surface area (Å²) in [6.45, 7) is 5.99. The summed E-state index contributed by atoms with van der Waals surface area (Å²) >= 11 is 0. The molecule has 0 radical (unpaired) electrons. The third-order valence-corrected chi connectivity index (χ3v) is 6.07. The summed E-state index contributed by atoms with van der Waals surface area (Å²) in [5.41, 5.74) is 0.679. The van der Waals surface area contributed by atoms with Gasteiger partial charge in [0.05, 0.1) is 4.90 Å². The van der Waals surface area contributed by atoms with Crippen molar-refractivity contribution in [3.05, 3.63) is 59.7 Å². The molecule has 3 rings (SSSR count). The van der Waals surface area contributed by atoms with E-state index in [1.807, 2.05) is 0 Å². The molecule has 0 atom stereocenters. The molecule has 1 saturated heterocycles. The number of amides is 1. The second kappa shape index (κ2) is 8.24. The van der Waals surface area contributed by atoms with Gasteiger partial charge in [-0.1, -0.05) is 6.92 Å². The molecule has 1 aliphatic rings. The van der Waals surface area contributed by atoms with Gasteiger partial charge in [0, 0.05) is 37.4 Å². The van der Waals surface area contributed by atoms with Gasteiger partial charge >= 0.3 is 0 Å². The number of benzene rings is 2. The number of sulfonamides is 1. The Morgan fingerprint density at radius 3 is 2.21 bits per heavy atom. The fourth-order valence-electron chi connectivity index (χ4n) is 2.99. The van der Waals surface area contributed by atoms with Crippen molar-refractivity contribution in [2.75, 3.05) is 37.4 Å². The fraction of sp³-hybridized carbons (Fsp3) is 0.316. The van der Waals surface area contributed by atoms with Crippen molar-refractivity contribution in [2.45, 2.75) is 11.8 Å². The molecule has 0 aliphatic carbocycles. The highest BCUT2D eigenvalue weighted by molar-refractivity contribution is 7.92. The van der Waals surface area contributed by atoms with E-state index in [9.17, 15) is 22.0 Å². The lowest BCUT2D eigenvalue weighted by atomic mass is 10.1. The molecular weight excluding hydrogens is 388 g/mol. The molecule has 150 valence electrons. The molecule has 0 saturated carbocycles. The summed E-state index contributed by atoms with van der Waals surface area (Å²) < 4.78 is 53.2. The van der Waals surface area contributed by atoms with E-state index in [0.29, 0.717) is 24.7 Å². The highest BCUT2D eigenvalue weighted by Crippen LogP contribution is 2.19. The molecule has 2 aromatic rings. The molecule has 0 aromatic heterocycles. The van der Waals surface area contributed by atoms with Crippen molar-refractivity contribution in [2.24, 2.45) is 0 Å². The lowest BCUT2D eigenvalue weighted by Crippen LogP contribution is -2.48. The van der Waals surface area contributed by atoms with Crippen molar-refractivity contribution in [3.8, 4) is 0 Å². The van der Waals surface area contributed by atoms with Gasteiger partial charge in [-0.25, -0.2) is 17.2 Å². The Hall–Kier alpha value is -2.52. The smallest absolute Gasteiger partial charge is 0.261 e. The molecule has 2 aromatic carbocycles. The molecule has 0 bridgehead atoms. The largest absolute Gasteiger partial charge is 0.336 e. The highest BCUT2D eigenvalue weighted by Gasteiger charge is 2.22. The number of anilines is 1. The van der Waals surface area contributed by atoms with Gasteiger partial charge < -0.3 is 9.80 Å². The number of nitrogens with one attached hydrogen (secondary N) is 1. The van der Waals surface area contributed by atoms with Crippen LogP contribution in [0.3, 0.4) is 0 Å². The predicted octanol–water partition coefficient (Wildman–Crippen LogP) is 2.54. The van der Waals surface area contributed by atoms with Crippen molar-refractivity contribution < 1.29 is 22.0 Å². The average Bonchev–Trinajstić information content (AvgIpc) is 2.70. The van der Waals surface area contributed by atoms with Crippen molar-refractivity contribution in [1.82, 2.24) is 9.80 Å². The number of halogens is 2. The lowest BCUT2D eigenvalue weighted by Gasteiger charge is -2.34. The standard InChI is InChI=1S/C19H21F2N3O3S/c1-2-23-9-11-24(12-10-23)19(25)14-3-5-15(6-4-14)22-28(26,27)16-7-8-17(20)18(21)13-16/h3-8,13,22H,2,9-12H2,1H3. The van der Waals surface area contributed by atoms with E-state index in [-0.39, 0.29) is 16.5 Å². The Balaban J connectivity index is 1.68. The van der Waals surface area contributed by atoms with Crippen LogP contribution in [-0.2, 0) is 10.0 Å². The lowest BCUT2D eigenvalue weighted by molar-refractivity contribution is 0.0643. The maximum Gasteiger partial charge on any atom is 0.261 e. The molecule has 9 heteroatoms. The van der Waals surface area contributed by atoms with Gasteiger partial charge in [0.1, 0.15) is 0 Å². The Labute approximate surface area is 162 Å². The van der Waals surface area contributed by atoms with E-state index in [1.54, 1.807) is 4.90 Å². The zero-order chi connectivity index (χ0) is 20.3. The Morgan fingerprint density at radius 2 is 1.64 bits per heavy atom. The number of piperazine rings is 1. The third-order valence-electron chi connectivity index (χ3n) is 4.69. The average molecular weight is 409 g/mol. The maximum atomic E-state index is 13.3. The second-order valence-electron chi connectivity index (χ2n) is 6.49. The second-order valence-corrected chi connectivity index (χ2v) is 8.17. The summed E-state index contributed by atoms with van der Waals surface area (Å²) in [6.07, 6.45) is 0. The third kappa shape index (κ3) is 4.48. The monoisotopic (exact) mass is 409 g/mol. The minimum Gasteiger partial charge on any atom is -0.336 e. The van der Waals surface area contributed by atoms with Gasteiger partial charge in [0.15, 0.2) is 11.6 Å². The molecule has 1 heterocycles. The van der Waals surface area contributed by atoms with Crippen LogP contribution in [0.25, 0.3) is 0 Å².